The van der Waals surface area contributed by atoms with E-state index in [9.17, 15) is 9.59 Å². The molecule has 0 aromatic heterocycles. The number of aliphatic hydroxyl groups excluding tert-OH is 1. The predicted octanol–water partition coefficient (Wildman–Crippen LogP) is 1.18. The molecule has 0 bridgehead atoms. The Kier molecular flexibility index (Phi) is 9.10. The Hall–Kier alpha value is -1.62. The summed E-state index contributed by atoms with van der Waals surface area (Å²) < 4.78 is 8.60. The van der Waals surface area contributed by atoms with E-state index in [1.807, 2.05) is 0 Å². The summed E-state index contributed by atoms with van der Waals surface area (Å²) in [6.07, 6.45) is -1.05. The van der Waals surface area contributed by atoms with Crippen LogP contribution in [0.5, 0.6) is 0 Å². The van der Waals surface area contributed by atoms with E-state index in [0.717, 1.165) is 0 Å². The number of rotatable bonds is 3. The number of hydrogen-bond donors (Lipinski definition) is 1. The van der Waals surface area contributed by atoms with Crippen molar-refractivity contribution < 1.29 is 24.2 Å². The predicted molar refractivity (Wildman–Crippen MR) is 59.4 cm³/mol. The van der Waals surface area contributed by atoms with Crippen molar-refractivity contribution in [2.24, 2.45) is 0 Å². The molecule has 0 aliphatic rings. The first kappa shape index (κ1) is 16.8. The van der Waals surface area contributed by atoms with Crippen LogP contribution < -0.4 is 0 Å². The van der Waals surface area contributed by atoms with Crippen LogP contribution in [0.4, 0.5) is 0 Å². The van der Waals surface area contributed by atoms with Crippen LogP contribution in [0, 0.1) is 0 Å². The van der Waals surface area contributed by atoms with Gasteiger partial charge >= 0.3 is 11.9 Å². The fourth-order valence-corrected chi connectivity index (χ4v) is 0.430. The normalized spacial score (nSPS) is 10.3. The lowest BCUT2D eigenvalue weighted by atomic mass is 10.4. The van der Waals surface area contributed by atoms with Crippen molar-refractivity contribution in [3.05, 3.63) is 24.3 Å². The molecule has 16 heavy (non-hydrogen) atoms. The van der Waals surface area contributed by atoms with Gasteiger partial charge in [0.25, 0.3) is 0 Å². The fraction of sp³-hybridized carbons (Fsp3) is 0.455. The molecule has 1 N–H and O–H groups in total. The number of esters is 2. The van der Waals surface area contributed by atoms with Gasteiger partial charge in [0.05, 0.1) is 7.11 Å². The number of hydrogen-bond acceptors (Lipinski definition) is 5. The van der Waals surface area contributed by atoms with Gasteiger partial charge in [-0.3, -0.25) is 0 Å². The van der Waals surface area contributed by atoms with Crippen molar-refractivity contribution in [3.63, 3.8) is 0 Å². The van der Waals surface area contributed by atoms with Crippen LogP contribution in [0.25, 0.3) is 0 Å². The molecule has 0 rings (SSSR count). The molecule has 5 heteroatoms. The molecule has 0 radical (unpaired) electrons. The second kappa shape index (κ2) is 8.67. The molecule has 0 aromatic rings. The van der Waals surface area contributed by atoms with Crippen molar-refractivity contribution in [1.82, 2.24) is 0 Å². The van der Waals surface area contributed by atoms with Gasteiger partial charge in [-0.25, -0.2) is 9.59 Å². The standard InChI is InChI=1S/C6H10O3.C5H8O2/c1-4(2)6(8)9-5(3)7;1-4(2)5(6)7-3/h5,7H,1H2,2-3H3;1H2,2-3H3. The molecule has 0 heterocycles. The van der Waals surface area contributed by atoms with Crippen molar-refractivity contribution in [1.29, 1.82) is 0 Å². The van der Waals surface area contributed by atoms with Gasteiger partial charge in [0, 0.05) is 11.1 Å². The van der Waals surface area contributed by atoms with Gasteiger partial charge in [-0.1, -0.05) is 13.2 Å². The lowest BCUT2D eigenvalue weighted by molar-refractivity contribution is -0.159. The first-order valence-corrected chi connectivity index (χ1v) is 4.50. The lowest BCUT2D eigenvalue weighted by Crippen LogP contribution is -2.13. The monoisotopic (exact) mass is 230 g/mol. The zero-order chi connectivity index (χ0) is 13.3. The zero-order valence-electron chi connectivity index (χ0n) is 10.1. The molecule has 0 saturated heterocycles. The summed E-state index contributed by atoms with van der Waals surface area (Å²) in [6.45, 7) is 11.2. The van der Waals surface area contributed by atoms with Crippen LogP contribution in [0.3, 0.4) is 0 Å². The van der Waals surface area contributed by atoms with E-state index < -0.39 is 12.3 Å². The maximum atomic E-state index is 10.5. The molecular formula is C11H18O5. The Morgan fingerprint density at radius 3 is 1.56 bits per heavy atom. The molecule has 0 aliphatic carbocycles. The van der Waals surface area contributed by atoms with Gasteiger partial charge in [0.15, 0.2) is 6.29 Å². The Balaban J connectivity index is 0. The van der Waals surface area contributed by atoms with Crippen LogP contribution >= 0.6 is 0 Å². The smallest absolute Gasteiger partial charge is 0.335 e. The van der Waals surface area contributed by atoms with Crippen molar-refractivity contribution in [2.75, 3.05) is 7.11 Å². The van der Waals surface area contributed by atoms with Gasteiger partial charge in [0.1, 0.15) is 0 Å². The summed E-state index contributed by atoms with van der Waals surface area (Å²) in [4.78, 5) is 20.7. The fourth-order valence-electron chi connectivity index (χ4n) is 0.430. The quantitative estimate of drug-likeness (QED) is 0.447. The Morgan fingerprint density at radius 1 is 1.12 bits per heavy atom. The third-order valence-electron chi connectivity index (χ3n) is 1.16. The highest BCUT2D eigenvalue weighted by atomic mass is 16.6. The van der Waals surface area contributed by atoms with E-state index in [1.165, 1.54) is 21.0 Å². The SMILES string of the molecule is C=C(C)C(=O)OC.C=C(C)C(=O)OC(C)O. The molecule has 92 valence electrons. The van der Waals surface area contributed by atoms with Gasteiger partial charge in [-0.05, 0) is 20.8 Å². The first-order valence-electron chi connectivity index (χ1n) is 4.50. The Bertz CT molecular complexity index is 278. The number of ether oxygens (including phenoxy) is 2. The van der Waals surface area contributed by atoms with Gasteiger partial charge in [0.2, 0.25) is 0 Å². The van der Waals surface area contributed by atoms with Crippen LogP contribution in [-0.4, -0.2) is 30.4 Å². The zero-order valence-corrected chi connectivity index (χ0v) is 10.1. The maximum Gasteiger partial charge on any atom is 0.335 e. The van der Waals surface area contributed by atoms with E-state index >= 15 is 0 Å². The summed E-state index contributed by atoms with van der Waals surface area (Å²) in [5.41, 5.74) is 0.721. The van der Waals surface area contributed by atoms with E-state index in [2.05, 4.69) is 22.6 Å². The summed E-state index contributed by atoms with van der Waals surface area (Å²) in [5, 5.41) is 8.49. The highest BCUT2D eigenvalue weighted by Crippen LogP contribution is 1.94. The summed E-state index contributed by atoms with van der Waals surface area (Å²) in [5.74, 6) is -0.912. The minimum absolute atomic E-state index is 0.288. The third kappa shape index (κ3) is 10.5. The van der Waals surface area contributed by atoms with E-state index in [1.54, 1.807) is 6.92 Å². The van der Waals surface area contributed by atoms with Gasteiger partial charge in [-0.15, -0.1) is 0 Å². The third-order valence-corrected chi connectivity index (χ3v) is 1.16. The summed E-state index contributed by atoms with van der Waals surface area (Å²) >= 11 is 0. The first-order chi connectivity index (χ1) is 7.22. The molecule has 0 spiro atoms. The molecule has 0 fully saturated rings. The Morgan fingerprint density at radius 2 is 1.50 bits per heavy atom. The molecule has 0 aromatic carbocycles. The van der Waals surface area contributed by atoms with Crippen LogP contribution in [0.2, 0.25) is 0 Å². The number of carbonyl (C=O) groups is 2. The minimum atomic E-state index is -1.05. The molecule has 0 aliphatic heterocycles. The van der Waals surface area contributed by atoms with Crippen LogP contribution in [-0.2, 0) is 19.1 Å². The maximum absolute atomic E-state index is 10.5. The van der Waals surface area contributed by atoms with Crippen LogP contribution in [0.1, 0.15) is 20.8 Å². The van der Waals surface area contributed by atoms with Gasteiger partial charge < -0.3 is 14.6 Å². The molecule has 5 nitrogen and oxygen atoms in total. The highest BCUT2D eigenvalue weighted by Gasteiger charge is 2.04. The van der Waals surface area contributed by atoms with Crippen molar-refractivity contribution in [3.8, 4) is 0 Å². The van der Waals surface area contributed by atoms with Crippen molar-refractivity contribution >= 4 is 11.9 Å². The van der Waals surface area contributed by atoms with Crippen LogP contribution in [0.15, 0.2) is 24.3 Å². The number of methoxy groups -OCH3 is 1. The molecule has 0 saturated carbocycles. The van der Waals surface area contributed by atoms with Crippen molar-refractivity contribution in [2.45, 2.75) is 27.1 Å². The second-order valence-electron chi connectivity index (χ2n) is 3.06. The van der Waals surface area contributed by atoms with E-state index in [0.29, 0.717) is 5.57 Å². The molecule has 0 amide bonds. The average Bonchev–Trinajstić information content (AvgIpc) is 2.16. The second-order valence-corrected chi connectivity index (χ2v) is 3.06. The molecule has 1 unspecified atom stereocenters. The highest BCUT2D eigenvalue weighted by molar-refractivity contribution is 5.87. The number of carbonyl (C=O) groups excluding carboxylic acids is 2. The largest absolute Gasteiger partial charge is 0.466 e. The summed E-state index contributed by atoms with van der Waals surface area (Å²) in [7, 11) is 1.33. The minimum Gasteiger partial charge on any atom is -0.466 e. The lowest BCUT2D eigenvalue weighted by Gasteiger charge is -2.04. The topological polar surface area (TPSA) is 72.8 Å². The number of aliphatic hydroxyl groups is 1. The van der Waals surface area contributed by atoms with Gasteiger partial charge in [-0.2, -0.15) is 0 Å². The Labute approximate surface area is 95.4 Å². The summed E-state index contributed by atoms with van der Waals surface area (Å²) in [6, 6.07) is 0. The van der Waals surface area contributed by atoms with E-state index in [4.69, 9.17) is 5.11 Å². The molecular weight excluding hydrogens is 212 g/mol. The average molecular weight is 230 g/mol. The van der Waals surface area contributed by atoms with E-state index in [-0.39, 0.29) is 11.5 Å². The molecule has 1 atom stereocenters.